The number of benzene rings is 2. The van der Waals surface area contributed by atoms with Crippen molar-refractivity contribution in [2.75, 3.05) is 11.3 Å². The standard InChI is InChI=1S/C24H25N5O4S/c1-5-32-20-10-12-22(13-11-20)34(30,31)28-19-6-8-21(9-7-19)33-24-15-23(25-18(4)26-24)29-17(3)14-16(2)27-29/h6-15,28H,5H2,1-4H3. The van der Waals surface area contributed by atoms with Crippen molar-refractivity contribution in [3.63, 3.8) is 0 Å². The lowest BCUT2D eigenvalue weighted by atomic mass is 10.3. The van der Waals surface area contributed by atoms with Gasteiger partial charge in [-0.05, 0) is 82.3 Å². The van der Waals surface area contributed by atoms with Gasteiger partial charge in [-0.15, -0.1) is 0 Å². The lowest BCUT2D eigenvalue weighted by Crippen LogP contribution is -2.12. The van der Waals surface area contributed by atoms with Gasteiger partial charge in [-0.2, -0.15) is 10.1 Å². The van der Waals surface area contributed by atoms with E-state index >= 15 is 0 Å². The predicted molar refractivity (Wildman–Crippen MR) is 128 cm³/mol. The quantitative estimate of drug-likeness (QED) is 0.394. The number of aryl methyl sites for hydroxylation is 3. The summed E-state index contributed by atoms with van der Waals surface area (Å²) in [6.45, 7) is 8.02. The highest BCUT2D eigenvalue weighted by molar-refractivity contribution is 7.92. The highest BCUT2D eigenvalue weighted by Gasteiger charge is 2.15. The van der Waals surface area contributed by atoms with E-state index < -0.39 is 10.0 Å². The van der Waals surface area contributed by atoms with Gasteiger partial charge >= 0.3 is 0 Å². The zero-order valence-corrected chi connectivity index (χ0v) is 20.1. The largest absolute Gasteiger partial charge is 0.494 e. The third kappa shape index (κ3) is 5.34. The number of rotatable bonds is 8. The molecular formula is C24H25N5O4S. The molecular weight excluding hydrogens is 454 g/mol. The molecule has 0 radical (unpaired) electrons. The lowest BCUT2D eigenvalue weighted by Gasteiger charge is -2.11. The summed E-state index contributed by atoms with van der Waals surface area (Å²) < 4.78 is 40.9. The number of hydrogen-bond donors (Lipinski definition) is 1. The molecule has 4 aromatic rings. The normalized spacial score (nSPS) is 11.3. The maximum atomic E-state index is 12.7. The van der Waals surface area contributed by atoms with E-state index in [4.69, 9.17) is 9.47 Å². The number of nitrogens with zero attached hydrogens (tertiary/aromatic N) is 4. The second-order valence-corrected chi connectivity index (χ2v) is 9.27. The summed E-state index contributed by atoms with van der Waals surface area (Å²) in [7, 11) is -3.74. The van der Waals surface area contributed by atoms with E-state index in [1.807, 2.05) is 26.8 Å². The van der Waals surface area contributed by atoms with Gasteiger partial charge < -0.3 is 9.47 Å². The van der Waals surface area contributed by atoms with Crippen LogP contribution in [0.5, 0.6) is 17.4 Å². The van der Waals surface area contributed by atoms with Gasteiger partial charge in [-0.25, -0.2) is 18.1 Å². The van der Waals surface area contributed by atoms with E-state index in [0.29, 0.717) is 41.3 Å². The SMILES string of the molecule is CCOc1ccc(S(=O)(=O)Nc2ccc(Oc3cc(-n4nc(C)cc4C)nc(C)n3)cc2)cc1. The molecule has 1 N–H and O–H groups in total. The minimum atomic E-state index is -3.74. The van der Waals surface area contributed by atoms with Crippen molar-refractivity contribution in [3.8, 4) is 23.2 Å². The predicted octanol–water partition coefficient (Wildman–Crippen LogP) is 4.58. The van der Waals surface area contributed by atoms with Crippen molar-refractivity contribution in [2.45, 2.75) is 32.6 Å². The first-order chi connectivity index (χ1) is 16.2. The molecule has 0 atom stereocenters. The summed E-state index contributed by atoms with van der Waals surface area (Å²) in [5, 5.41) is 4.45. The van der Waals surface area contributed by atoms with Gasteiger partial charge in [0.2, 0.25) is 5.88 Å². The van der Waals surface area contributed by atoms with Crippen LogP contribution in [-0.2, 0) is 10.0 Å². The highest BCUT2D eigenvalue weighted by Crippen LogP contribution is 2.25. The van der Waals surface area contributed by atoms with E-state index in [1.54, 1.807) is 54.1 Å². The van der Waals surface area contributed by atoms with Crippen molar-refractivity contribution in [3.05, 3.63) is 77.9 Å². The molecule has 0 unspecified atom stereocenters. The Morgan fingerprint density at radius 1 is 0.912 bits per heavy atom. The van der Waals surface area contributed by atoms with Crippen molar-refractivity contribution in [2.24, 2.45) is 0 Å². The van der Waals surface area contributed by atoms with Crippen LogP contribution < -0.4 is 14.2 Å². The Hall–Kier alpha value is -3.92. The number of nitrogens with one attached hydrogen (secondary N) is 1. The summed E-state index contributed by atoms with van der Waals surface area (Å²) in [6, 6.07) is 16.5. The topological polar surface area (TPSA) is 108 Å². The third-order valence-corrected chi connectivity index (χ3v) is 6.20. The Labute approximate surface area is 198 Å². The Bertz CT molecular complexity index is 1400. The molecule has 0 aliphatic carbocycles. The van der Waals surface area contributed by atoms with E-state index in [9.17, 15) is 8.42 Å². The monoisotopic (exact) mass is 479 g/mol. The van der Waals surface area contributed by atoms with Gasteiger partial charge in [-0.3, -0.25) is 4.72 Å². The summed E-state index contributed by atoms with van der Waals surface area (Å²) in [5.74, 6) is 2.62. The van der Waals surface area contributed by atoms with Crippen molar-refractivity contribution in [1.29, 1.82) is 0 Å². The van der Waals surface area contributed by atoms with Crippen LogP contribution in [0.1, 0.15) is 24.1 Å². The molecule has 34 heavy (non-hydrogen) atoms. The minimum Gasteiger partial charge on any atom is -0.494 e. The molecule has 0 amide bonds. The maximum Gasteiger partial charge on any atom is 0.261 e. The minimum absolute atomic E-state index is 0.143. The van der Waals surface area contributed by atoms with Crippen molar-refractivity contribution >= 4 is 15.7 Å². The number of anilines is 1. The van der Waals surface area contributed by atoms with Crippen LogP contribution in [0.15, 0.2) is 65.6 Å². The first-order valence-electron chi connectivity index (χ1n) is 10.7. The van der Waals surface area contributed by atoms with Gasteiger partial charge in [-0.1, -0.05) is 0 Å². The van der Waals surface area contributed by atoms with Gasteiger partial charge in [0.15, 0.2) is 5.82 Å². The first-order valence-corrected chi connectivity index (χ1v) is 12.1. The molecule has 2 heterocycles. The molecule has 0 fully saturated rings. The van der Waals surface area contributed by atoms with Gasteiger partial charge in [0.1, 0.15) is 17.3 Å². The average Bonchev–Trinajstić information content (AvgIpc) is 3.13. The Balaban J connectivity index is 1.48. The third-order valence-electron chi connectivity index (χ3n) is 4.80. The summed E-state index contributed by atoms with van der Waals surface area (Å²) in [4.78, 5) is 8.92. The molecule has 4 rings (SSSR count). The fraction of sp³-hybridized carbons (Fsp3) is 0.208. The van der Waals surface area contributed by atoms with Crippen molar-refractivity contribution in [1.82, 2.24) is 19.7 Å². The van der Waals surface area contributed by atoms with Crippen LogP contribution in [0.2, 0.25) is 0 Å². The summed E-state index contributed by atoms with van der Waals surface area (Å²) in [5.41, 5.74) is 2.24. The molecule has 0 saturated carbocycles. The zero-order chi connectivity index (χ0) is 24.3. The number of ether oxygens (including phenoxy) is 2. The second kappa shape index (κ2) is 9.52. The molecule has 2 aromatic carbocycles. The fourth-order valence-electron chi connectivity index (χ4n) is 3.35. The van der Waals surface area contributed by atoms with E-state index in [1.165, 1.54) is 12.1 Å². The van der Waals surface area contributed by atoms with Crippen LogP contribution in [0, 0.1) is 20.8 Å². The average molecular weight is 480 g/mol. The molecule has 0 aliphatic rings. The van der Waals surface area contributed by atoms with Gasteiger partial charge in [0.05, 0.1) is 17.2 Å². The molecule has 0 saturated heterocycles. The smallest absolute Gasteiger partial charge is 0.261 e. The van der Waals surface area contributed by atoms with Crippen LogP contribution >= 0.6 is 0 Å². The summed E-state index contributed by atoms with van der Waals surface area (Å²) >= 11 is 0. The van der Waals surface area contributed by atoms with Crippen LogP contribution in [-0.4, -0.2) is 34.8 Å². The van der Waals surface area contributed by atoms with E-state index in [2.05, 4.69) is 19.8 Å². The molecule has 2 aromatic heterocycles. The van der Waals surface area contributed by atoms with E-state index in [0.717, 1.165) is 11.4 Å². The number of hydrogen-bond acceptors (Lipinski definition) is 7. The molecule has 9 nitrogen and oxygen atoms in total. The fourth-order valence-corrected chi connectivity index (χ4v) is 4.41. The molecule has 0 spiro atoms. The number of sulfonamides is 1. The van der Waals surface area contributed by atoms with Gasteiger partial charge in [0.25, 0.3) is 10.0 Å². The Morgan fingerprint density at radius 2 is 1.59 bits per heavy atom. The second-order valence-electron chi connectivity index (χ2n) is 7.59. The van der Waals surface area contributed by atoms with Crippen LogP contribution in [0.3, 0.4) is 0 Å². The van der Waals surface area contributed by atoms with Crippen LogP contribution in [0.4, 0.5) is 5.69 Å². The maximum absolute atomic E-state index is 12.7. The lowest BCUT2D eigenvalue weighted by molar-refractivity contribution is 0.340. The Morgan fingerprint density at radius 3 is 2.21 bits per heavy atom. The highest BCUT2D eigenvalue weighted by atomic mass is 32.2. The van der Waals surface area contributed by atoms with Gasteiger partial charge in [0, 0.05) is 17.4 Å². The molecule has 0 aliphatic heterocycles. The van der Waals surface area contributed by atoms with E-state index in [-0.39, 0.29) is 4.90 Å². The molecule has 10 heteroatoms. The van der Waals surface area contributed by atoms with Crippen LogP contribution in [0.25, 0.3) is 5.82 Å². The summed E-state index contributed by atoms with van der Waals surface area (Å²) in [6.07, 6.45) is 0. The first kappa shape index (κ1) is 23.2. The Kier molecular flexibility index (Phi) is 6.51. The number of aromatic nitrogens is 4. The zero-order valence-electron chi connectivity index (χ0n) is 19.3. The van der Waals surface area contributed by atoms with Crippen molar-refractivity contribution < 1.29 is 17.9 Å². The molecule has 176 valence electrons. The molecule has 0 bridgehead atoms.